The first kappa shape index (κ1) is 14.1. The molecule has 1 N–H and O–H groups in total. The zero-order valence-electron chi connectivity index (χ0n) is 31.2. The highest BCUT2D eigenvalue weighted by molar-refractivity contribution is 7.89. The Morgan fingerprint density at radius 2 is 1.71 bits per heavy atom. The molecule has 1 atom stereocenters. The number of sulfonamides is 1. The molecule has 6 heteroatoms. The highest BCUT2D eigenvalue weighted by Crippen LogP contribution is 2.36. The highest BCUT2D eigenvalue weighted by Gasteiger charge is 2.50. The third kappa shape index (κ3) is 5.75. The van der Waals surface area contributed by atoms with Crippen LogP contribution in [0.3, 0.4) is 0 Å². The van der Waals surface area contributed by atoms with Gasteiger partial charge in [-0.1, -0.05) is 105 Å². The molecule has 3 aromatic carbocycles. The third-order valence-corrected chi connectivity index (χ3v) is 11.4. The van der Waals surface area contributed by atoms with Crippen LogP contribution >= 0.6 is 0 Å². The van der Waals surface area contributed by atoms with E-state index in [1.165, 1.54) is 0 Å². The summed E-state index contributed by atoms with van der Waals surface area (Å²) in [6.45, 7) is 1.83. The van der Waals surface area contributed by atoms with E-state index in [0.29, 0.717) is 16.9 Å². The molecule has 3 aromatic rings. The van der Waals surface area contributed by atoms with E-state index in [0.717, 1.165) is 0 Å². The maximum atomic E-state index is 13.9. The van der Waals surface area contributed by atoms with Gasteiger partial charge in [0, 0.05) is 12.9 Å². The van der Waals surface area contributed by atoms with Crippen LogP contribution in [0.1, 0.15) is 49.2 Å². The van der Waals surface area contributed by atoms with Crippen LogP contribution in [0.4, 0.5) is 0 Å². The van der Waals surface area contributed by atoms with E-state index in [1.807, 2.05) is 49.8 Å². The Morgan fingerprint density at radius 1 is 1.15 bits per heavy atom. The minimum Gasteiger partial charge on any atom is -0.406 e. The van der Waals surface area contributed by atoms with E-state index in [9.17, 15) is 9.79 Å². The molecule has 0 spiro atoms. The second kappa shape index (κ2) is 10.8. The van der Waals surface area contributed by atoms with E-state index in [2.05, 4.69) is 0 Å². The number of hydrogen-bond donors (Lipinski definition) is 1. The number of rotatable bonds is 10. The molecule has 0 bridgehead atoms. The van der Waals surface area contributed by atoms with E-state index in [4.69, 9.17) is 19.5 Å². The number of benzene rings is 3. The molecule has 0 unspecified atom stereocenters. The molecule has 0 amide bonds. The second-order valence-electron chi connectivity index (χ2n) is 8.51. The summed E-state index contributed by atoms with van der Waals surface area (Å²) in [6.07, 6.45) is -3.25. The summed E-state index contributed by atoms with van der Waals surface area (Å²) in [7, 11) is -8.91. The zero-order valence-corrected chi connectivity index (χ0v) is 21.0. The van der Waals surface area contributed by atoms with Gasteiger partial charge in [-0.05, 0) is 40.7 Å². The topological polar surface area (TPSA) is 55.4 Å². The molecule has 34 heavy (non-hydrogen) atoms. The summed E-state index contributed by atoms with van der Waals surface area (Å²) < 4.78 is 134. The fourth-order valence-electron chi connectivity index (χ4n) is 3.77. The molecule has 180 valence electrons. The smallest absolute Gasteiger partial charge is 0.261 e. The zero-order chi connectivity index (χ0) is 35.1. The lowest BCUT2D eigenvalue weighted by Gasteiger charge is -2.43. The highest BCUT2D eigenvalue weighted by atomic mass is 32.2. The van der Waals surface area contributed by atoms with Gasteiger partial charge in [-0.2, -0.15) is 0 Å². The van der Waals surface area contributed by atoms with Crippen molar-refractivity contribution < 1.29 is 29.3 Å². The Kier molecular flexibility index (Phi) is 4.50. The second-order valence-corrected chi connectivity index (χ2v) is 14.4. The van der Waals surface area contributed by atoms with Gasteiger partial charge in [-0.15, -0.1) is 6.55 Å². The molecular weight excluding hydrogens is 458 g/mol. The molecule has 0 aliphatic rings. The SMILES string of the molecule is [2H]C=C([2H])C([2H])([2H])[C@@]([2H])(CO[Si](c1ccccc1)(c1ccccc1)C(C)(C)C)NS(=O)(=O)c1c([2H])c([2H])c(C([2H])([2H])[2H])c([2H])c1[2H]. The van der Waals surface area contributed by atoms with Crippen LogP contribution in [-0.4, -0.2) is 29.4 Å². The number of hydrogen-bond acceptors (Lipinski definition) is 3. The van der Waals surface area contributed by atoms with Gasteiger partial charge in [0.2, 0.25) is 10.0 Å². The average molecular weight is 506 g/mol. The predicted octanol–water partition coefficient (Wildman–Crippen LogP) is 4.79. The van der Waals surface area contributed by atoms with E-state index >= 15 is 0 Å². The fourth-order valence-corrected chi connectivity index (χ4v) is 9.19. The maximum absolute atomic E-state index is 13.9. The minimum atomic E-state index is -5.36. The third-order valence-electron chi connectivity index (χ3n) is 5.20. The standard InChI is InChI=1S/C28H35NO3SSi/c1-6-13-24(29-33(30,31)25-20-18-23(2)19-21-25)22-32-34(28(3,4)5,26-14-9-7-10-15-26)27-16-11-8-12-17-27/h6-12,14-21,24,29H,1,13,22H2,2-5H3/t24-/m0/s1/i1D,2D3,6D,13D2,18D,19D,20D,21D,24D. The van der Waals surface area contributed by atoms with E-state index in [-0.39, 0.29) is 0 Å². The Bertz CT molecular complexity index is 1640. The molecule has 3 rings (SSSR count). The van der Waals surface area contributed by atoms with Crippen LogP contribution in [0.5, 0.6) is 0 Å². The van der Waals surface area contributed by atoms with Gasteiger partial charge >= 0.3 is 0 Å². The van der Waals surface area contributed by atoms with Crippen molar-refractivity contribution in [2.75, 3.05) is 6.61 Å². The van der Waals surface area contributed by atoms with Crippen molar-refractivity contribution in [3.63, 3.8) is 0 Å². The van der Waals surface area contributed by atoms with Crippen LogP contribution in [-0.2, 0) is 14.4 Å². The van der Waals surface area contributed by atoms with Crippen LogP contribution in [0.2, 0.25) is 5.04 Å². The largest absolute Gasteiger partial charge is 0.406 e. The lowest BCUT2D eigenvalue weighted by Crippen LogP contribution is -2.67. The van der Waals surface area contributed by atoms with Gasteiger partial charge in [-0.3, -0.25) is 0 Å². The first-order chi connectivity index (χ1) is 21.0. The summed E-state index contributed by atoms with van der Waals surface area (Å²) in [4.78, 5) is -1.31. The van der Waals surface area contributed by atoms with Gasteiger partial charge in [0.05, 0.1) is 21.1 Å². The molecule has 0 heterocycles. The molecule has 0 aliphatic heterocycles. The summed E-state index contributed by atoms with van der Waals surface area (Å²) in [5.74, 6) is 0. The maximum Gasteiger partial charge on any atom is 0.261 e. The van der Waals surface area contributed by atoms with Crippen molar-refractivity contribution in [3.8, 4) is 0 Å². The van der Waals surface area contributed by atoms with Crippen LogP contribution in [0.25, 0.3) is 0 Å². The molecule has 0 radical (unpaired) electrons. The van der Waals surface area contributed by atoms with Crippen LogP contribution < -0.4 is 15.1 Å². The quantitative estimate of drug-likeness (QED) is 0.318. The Labute approximate surface area is 222 Å². The molecule has 0 aliphatic carbocycles. The first-order valence-corrected chi connectivity index (χ1v) is 13.8. The van der Waals surface area contributed by atoms with Crippen LogP contribution in [0, 0.1) is 6.85 Å². The predicted molar refractivity (Wildman–Crippen MR) is 144 cm³/mol. The number of nitrogens with one attached hydrogen (secondary N) is 1. The van der Waals surface area contributed by atoms with Gasteiger partial charge in [0.25, 0.3) is 8.32 Å². The molecule has 0 saturated heterocycles. The Balaban J connectivity index is 2.30. The lowest BCUT2D eigenvalue weighted by molar-refractivity contribution is 0.263. The van der Waals surface area contributed by atoms with Crippen molar-refractivity contribution in [2.24, 2.45) is 0 Å². The fraction of sp³-hybridized carbons (Fsp3) is 0.286. The molecule has 0 aromatic heterocycles. The minimum absolute atomic E-state index is 0.307. The van der Waals surface area contributed by atoms with Crippen molar-refractivity contribution in [1.29, 1.82) is 0 Å². The summed E-state index contributed by atoms with van der Waals surface area (Å²) in [6, 6.07) is 8.96. The van der Waals surface area contributed by atoms with Gasteiger partial charge in [-0.25, -0.2) is 13.1 Å². The molecule has 0 fully saturated rings. The Hall–Kier alpha value is -2.51. The normalized spacial score (nSPS) is 20.9. The van der Waals surface area contributed by atoms with Gasteiger partial charge in [0.1, 0.15) is 0 Å². The first-order valence-electron chi connectivity index (χ1n) is 16.5. The van der Waals surface area contributed by atoms with Crippen molar-refractivity contribution in [1.82, 2.24) is 4.72 Å². The van der Waals surface area contributed by atoms with Crippen LogP contribution in [0.15, 0.2) is 102 Å². The van der Waals surface area contributed by atoms with Crippen molar-refractivity contribution >= 4 is 28.7 Å². The monoisotopic (exact) mass is 505 g/mol. The molecule has 0 saturated carbocycles. The summed E-state index contributed by atoms with van der Waals surface area (Å²) in [5.41, 5.74) is -1.01. The average Bonchev–Trinajstić information content (AvgIpc) is 2.95. The molecule has 4 nitrogen and oxygen atoms in total. The molecular formula is C28H35NO3SSi. The van der Waals surface area contributed by atoms with Gasteiger partial charge in [0.15, 0.2) is 0 Å². The van der Waals surface area contributed by atoms with E-state index in [1.54, 1.807) is 36.4 Å². The van der Waals surface area contributed by atoms with Crippen molar-refractivity contribution in [2.45, 2.75) is 49.9 Å². The van der Waals surface area contributed by atoms with Gasteiger partial charge < -0.3 is 4.43 Å². The Morgan fingerprint density at radius 3 is 2.18 bits per heavy atom. The summed E-state index contributed by atoms with van der Waals surface area (Å²) in [5, 5.41) is 0.716. The lowest BCUT2D eigenvalue weighted by atomic mass is 10.2. The van der Waals surface area contributed by atoms with Crippen molar-refractivity contribution in [3.05, 3.63) is 103 Å². The van der Waals surface area contributed by atoms with E-state index < -0.39 is 89.9 Å². The summed E-state index contributed by atoms with van der Waals surface area (Å²) >= 11 is 0.